The molecule has 3 atom stereocenters. The standard InChI is InChI=1S/C41H49F2N7O6/c1-41(2,3)38(34-21-28(30-22-29(42)10-11-31(30)43)24-49(34)23-27-8-6-5-7-9-27)50(37(54)25-51)19-16-33(39(55)45-4)48-40(56)32(12-13-35(44)52)47-36(53)20-26-14-17-46-18-15-26/h5-11,14-15,17-18,21-22,24,32-33,38,51H,12-13,16,19-20,23,25H2,1-4H3,(H2,44,52)(H,45,55)(H,47,53)(H,48,56)/t32-,33-,38-/m0/s1. The molecule has 0 spiro atoms. The third kappa shape index (κ3) is 11.8. The van der Waals surface area contributed by atoms with Gasteiger partial charge >= 0.3 is 0 Å². The second-order valence-electron chi connectivity index (χ2n) is 14.5. The number of rotatable bonds is 18. The number of aliphatic hydroxyl groups is 1. The minimum atomic E-state index is -1.23. The Labute approximate surface area is 324 Å². The number of carbonyl (C=O) groups is 5. The molecule has 0 aliphatic heterocycles. The summed E-state index contributed by atoms with van der Waals surface area (Å²) >= 11 is 0. The second kappa shape index (κ2) is 19.6. The number of hydrogen-bond donors (Lipinski definition) is 5. The van der Waals surface area contributed by atoms with Gasteiger partial charge in [0.1, 0.15) is 30.3 Å². The molecule has 2 aromatic heterocycles. The number of likely N-dealkylation sites (N-methyl/N-ethyl adjacent to an activating group) is 1. The summed E-state index contributed by atoms with van der Waals surface area (Å²) in [6.07, 6.45) is 4.14. The van der Waals surface area contributed by atoms with E-state index in [2.05, 4.69) is 20.9 Å². The Hall–Kier alpha value is -5.96. The average molecular weight is 774 g/mol. The van der Waals surface area contributed by atoms with Crippen molar-refractivity contribution in [1.82, 2.24) is 30.4 Å². The van der Waals surface area contributed by atoms with Gasteiger partial charge in [-0.2, -0.15) is 0 Å². The number of aromatic nitrogens is 2. The summed E-state index contributed by atoms with van der Waals surface area (Å²) in [7, 11) is 1.38. The summed E-state index contributed by atoms with van der Waals surface area (Å²) in [6.45, 7) is 4.92. The molecule has 0 saturated heterocycles. The maximum absolute atomic E-state index is 15.1. The summed E-state index contributed by atoms with van der Waals surface area (Å²) in [5, 5.41) is 18.0. The number of primary amides is 1. The molecule has 4 rings (SSSR count). The Morgan fingerprint density at radius 2 is 1.57 bits per heavy atom. The van der Waals surface area contributed by atoms with E-state index < -0.39 is 71.3 Å². The van der Waals surface area contributed by atoms with Crippen LogP contribution in [-0.2, 0) is 36.9 Å². The van der Waals surface area contributed by atoms with Crippen LogP contribution >= 0.6 is 0 Å². The van der Waals surface area contributed by atoms with Gasteiger partial charge in [0.2, 0.25) is 29.5 Å². The van der Waals surface area contributed by atoms with E-state index in [1.165, 1.54) is 24.3 Å². The number of hydrogen-bond acceptors (Lipinski definition) is 7. The van der Waals surface area contributed by atoms with E-state index in [4.69, 9.17) is 5.73 Å². The number of halogens is 2. The molecule has 0 fully saturated rings. The highest BCUT2D eigenvalue weighted by molar-refractivity contribution is 5.92. The van der Waals surface area contributed by atoms with Crippen molar-refractivity contribution in [3.05, 3.63) is 114 Å². The van der Waals surface area contributed by atoms with E-state index in [-0.39, 0.29) is 37.8 Å². The first-order valence-corrected chi connectivity index (χ1v) is 18.2. The van der Waals surface area contributed by atoms with E-state index in [0.29, 0.717) is 23.4 Å². The van der Waals surface area contributed by atoms with Crippen LogP contribution in [0.1, 0.15) is 62.9 Å². The lowest BCUT2D eigenvalue weighted by molar-refractivity contribution is -0.140. The summed E-state index contributed by atoms with van der Waals surface area (Å²) in [5.41, 5.74) is 7.08. The third-order valence-corrected chi connectivity index (χ3v) is 9.22. The lowest BCUT2D eigenvalue weighted by atomic mass is 9.82. The van der Waals surface area contributed by atoms with Gasteiger partial charge in [-0.05, 0) is 65.8 Å². The Morgan fingerprint density at radius 1 is 0.893 bits per heavy atom. The van der Waals surface area contributed by atoms with Gasteiger partial charge in [-0.1, -0.05) is 51.1 Å². The molecular formula is C41H49F2N7O6. The van der Waals surface area contributed by atoms with Crippen molar-refractivity contribution >= 4 is 29.5 Å². The topological polar surface area (TPSA) is 189 Å². The maximum atomic E-state index is 15.1. The van der Waals surface area contributed by atoms with Gasteiger partial charge in [0.25, 0.3) is 0 Å². The Balaban J connectivity index is 1.68. The van der Waals surface area contributed by atoms with Crippen LogP contribution in [0.4, 0.5) is 8.78 Å². The SMILES string of the molecule is CNC(=O)[C@H](CCN(C(=O)CO)[C@@H](c1cc(-c2cc(F)ccc2F)cn1Cc1ccccc1)C(C)(C)C)NC(=O)[C@H](CCC(N)=O)NC(=O)Cc1ccncc1. The summed E-state index contributed by atoms with van der Waals surface area (Å²) in [6, 6.07) is 14.3. The number of carbonyl (C=O) groups excluding carboxylic acids is 5. The van der Waals surface area contributed by atoms with Crippen molar-refractivity contribution in [3.8, 4) is 11.1 Å². The van der Waals surface area contributed by atoms with Crippen LogP contribution in [0.25, 0.3) is 11.1 Å². The molecular weight excluding hydrogens is 724 g/mol. The zero-order valence-corrected chi connectivity index (χ0v) is 31.9. The lowest BCUT2D eigenvalue weighted by Crippen LogP contribution is -2.55. The molecule has 6 N–H and O–H groups in total. The lowest BCUT2D eigenvalue weighted by Gasteiger charge is -2.41. The van der Waals surface area contributed by atoms with E-state index in [1.807, 2.05) is 55.7 Å². The van der Waals surface area contributed by atoms with E-state index >= 15 is 4.39 Å². The molecule has 0 saturated carbocycles. The molecule has 0 radical (unpaired) electrons. The van der Waals surface area contributed by atoms with Crippen LogP contribution in [0, 0.1) is 17.0 Å². The summed E-state index contributed by atoms with van der Waals surface area (Å²) in [4.78, 5) is 70.6. The van der Waals surface area contributed by atoms with Gasteiger partial charge in [-0.25, -0.2) is 8.78 Å². The highest BCUT2D eigenvalue weighted by Crippen LogP contribution is 2.41. The van der Waals surface area contributed by atoms with Crippen molar-refractivity contribution < 1.29 is 37.9 Å². The molecule has 2 aromatic carbocycles. The molecule has 5 amide bonds. The van der Waals surface area contributed by atoms with Crippen molar-refractivity contribution in [3.63, 3.8) is 0 Å². The predicted molar refractivity (Wildman–Crippen MR) is 205 cm³/mol. The molecule has 298 valence electrons. The van der Waals surface area contributed by atoms with Crippen LogP contribution in [0.15, 0.2) is 85.3 Å². The smallest absolute Gasteiger partial charge is 0.248 e. The van der Waals surface area contributed by atoms with Gasteiger partial charge in [0, 0.05) is 62.0 Å². The molecule has 56 heavy (non-hydrogen) atoms. The molecule has 0 bridgehead atoms. The number of nitrogens with one attached hydrogen (secondary N) is 3. The van der Waals surface area contributed by atoms with E-state index in [1.54, 1.807) is 24.4 Å². The number of amides is 5. The Kier molecular flexibility index (Phi) is 15.0. The number of pyridine rings is 1. The van der Waals surface area contributed by atoms with Crippen LogP contribution in [0.5, 0.6) is 0 Å². The number of aliphatic hydroxyl groups excluding tert-OH is 1. The van der Waals surface area contributed by atoms with Crippen molar-refractivity contribution in [2.75, 3.05) is 20.2 Å². The Bertz CT molecular complexity index is 1980. The fourth-order valence-corrected chi connectivity index (χ4v) is 6.57. The second-order valence-corrected chi connectivity index (χ2v) is 14.5. The van der Waals surface area contributed by atoms with Crippen LogP contribution in [0.3, 0.4) is 0 Å². The normalized spacial score (nSPS) is 12.9. The zero-order valence-electron chi connectivity index (χ0n) is 31.9. The predicted octanol–water partition coefficient (Wildman–Crippen LogP) is 3.40. The fourth-order valence-electron chi connectivity index (χ4n) is 6.57. The molecule has 13 nitrogen and oxygen atoms in total. The first-order valence-electron chi connectivity index (χ1n) is 18.2. The molecule has 4 aromatic rings. The summed E-state index contributed by atoms with van der Waals surface area (Å²) < 4.78 is 31.4. The van der Waals surface area contributed by atoms with Crippen molar-refractivity contribution in [2.24, 2.45) is 11.1 Å². The van der Waals surface area contributed by atoms with Gasteiger partial charge in [0.05, 0.1) is 12.5 Å². The quantitative estimate of drug-likeness (QED) is 0.103. The maximum Gasteiger partial charge on any atom is 0.248 e. The van der Waals surface area contributed by atoms with Gasteiger partial charge in [-0.15, -0.1) is 0 Å². The van der Waals surface area contributed by atoms with E-state index in [9.17, 15) is 33.5 Å². The first kappa shape index (κ1) is 42.8. The van der Waals surface area contributed by atoms with Crippen molar-refractivity contribution in [1.29, 1.82) is 0 Å². The van der Waals surface area contributed by atoms with Crippen LogP contribution in [-0.4, -0.2) is 81.4 Å². The number of nitrogens with zero attached hydrogens (tertiary/aromatic N) is 3. The van der Waals surface area contributed by atoms with Gasteiger partial charge < -0.3 is 36.3 Å². The zero-order chi connectivity index (χ0) is 41.0. The monoisotopic (exact) mass is 773 g/mol. The minimum Gasteiger partial charge on any atom is -0.387 e. The molecule has 2 heterocycles. The average Bonchev–Trinajstić information content (AvgIpc) is 3.56. The van der Waals surface area contributed by atoms with Gasteiger partial charge in [0.15, 0.2) is 0 Å². The molecule has 0 unspecified atom stereocenters. The van der Waals surface area contributed by atoms with Crippen LogP contribution < -0.4 is 21.7 Å². The fraction of sp³-hybridized carbons (Fsp3) is 0.366. The Morgan fingerprint density at radius 3 is 2.20 bits per heavy atom. The van der Waals surface area contributed by atoms with Gasteiger partial charge in [-0.3, -0.25) is 29.0 Å². The summed E-state index contributed by atoms with van der Waals surface area (Å²) in [5.74, 6) is -4.51. The molecule has 0 aliphatic carbocycles. The molecule has 0 aliphatic rings. The highest BCUT2D eigenvalue weighted by atomic mass is 19.1. The number of benzene rings is 2. The minimum absolute atomic E-state index is 0.0203. The number of nitrogens with two attached hydrogens (primary N) is 1. The molecule has 15 heteroatoms. The highest BCUT2D eigenvalue weighted by Gasteiger charge is 2.38. The largest absolute Gasteiger partial charge is 0.387 e. The van der Waals surface area contributed by atoms with Crippen LogP contribution in [0.2, 0.25) is 0 Å². The van der Waals surface area contributed by atoms with E-state index in [0.717, 1.165) is 23.8 Å². The first-order chi connectivity index (χ1) is 26.6. The van der Waals surface area contributed by atoms with Crippen molar-refractivity contribution in [2.45, 2.75) is 71.1 Å². The third-order valence-electron chi connectivity index (χ3n) is 9.22.